The van der Waals surface area contributed by atoms with E-state index in [0.29, 0.717) is 5.56 Å². The van der Waals surface area contributed by atoms with Crippen LogP contribution in [-0.2, 0) is 10.5 Å². The van der Waals surface area contributed by atoms with Gasteiger partial charge in [-0.25, -0.2) is 9.78 Å². The summed E-state index contributed by atoms with van der Waals surface area (Å²) in [6.45, 7) is 5.51. The molecule has 1 aromatic heterocycles. The van der Waals surface area contributed by atoms with Crippen molar-refractivity contribution in [2.45, 2.75) is 37.5 Å². The molecule has 0 saturated heterocycles. The zero-order valence-electron chi connectivity index (χ0n) is 13.8. The van der Waals surface area contributed by atoms with Crippen LogP contribution >= 0.6 is 23.1 Å². The van der Waals surface area contributed by atoms with Gasteiger partial charge in [0.25, 0.3) is 5.91 Å². The second kappa shape index (κ2) is 8.30. The van der Waals surface area contributed by atoms with E-state index >= 15 is 0 Å². The fraction of sp³-hybridized carbons (Fsp3) is 0.353. The van der Waals surface area contributed by atoms with E-state index in [2.05, 4.69) is 10.3 Å². The molecule has 1 atom stereocenters. The van der Waals surface area contributed by atoms with E-state index in [9.17, 15) is 9.59 Å². The summed E-state index contributed by atoms with van der Waals surface area (Å²) in [5.41, 5.74) is 1.50. The molecule has 1 aromatic carbocycles. The number of hydrogen-bond donors (Lipinski definition) is 2. The minimum atomic E-state index is -1.02. The van der Waals surface area contributed by atoms with Crippen molar-refractivity contribution < 1.29 is 14.7 Å². The van der Waals surface area contributed by atoms with Crippen LogP contribution in [0.3, 0.4) is 0 Å². The van der Waals surface area contributed by atoms with Gasteiger partial charge in [-0.2, -0.15) is 0 Å². The highest BCUT2D eigenvalue weighted by Crippen LogP contribution is 2.24. The molecule has 0 fully saturated rings. The van der Waals surface area contributed by atoms with Crippen molar-refractivity contribution in [2.24, 2.45) is 5.92 Å². The lowest BCUT2D eigenvalue weighted by molar-refractivity contribution is -0.140. The van der Waals surface area contributed by atoms with Crippen molar-refractivity contribution in [3.05, 3.63) is 45.9 Å². The summed E-state index contributed by atoms with van der Waals surface area (Å²) < 4.78 is 0. The highest BCUT2D eigenvalue weighted by Gasteiger charge is 2.23. The molecule has 1 amide bonds. The molecule has 0 bridgehead atoms. The van der Waals surface area contributed by atoms with Gasteiger partial charge in [-0.15, -0.1) is 23.1 Å². The Morgan fingerprint density at radius 1 is 1.29 bits per heavy atom. The van der Waals surface area contributed by atoms with E-state index in [-0.39, 0.29) is 11.8 Å². The van der Waals surface area contributed by atoms with Crippen LogP contribution in [0.4, 0.5) is 0 Å². The largest absolute Gasteiger partial charge is 0.480 e. The van der Waals surface area contributed by atoms with Crippen LogP contribution in [0.1, 0.15) is 34.9 Å². The number of benzene rings is 1. The highest BCUT2D eigenvalue weighted by molar-refractivity contribution is 7.98. The van der Waals surface area contributed by atoms with Gasteiger partial charge in [0.15, 0.2) is 0 Å². The number of carboxylic acid groups (broad SMARTS) is 1. The molecular weight excluding hydrogens is 344 g/mol. The standard InChI is InChI=1S/C17H20N2O3S2/c1-10(2)15(17(21)22)19-16(20)12-4-6-14(7-5-12)24-9-13-8-23-11(3)18-13/h4-8,10,15H,9H2,1-3H3,(H,19,20)(H,21,22). The number of aryl methyl sites for hydroxylation is 1. The summed E-state index contributed by atoms with van der Waals surface area (Å²) in [5.74, 6) is -0.792. The number of thiazole rings is 1. The molecule has 0 aliphatic rings. The average Bonchev–Trinajstić information content (AvgIpc) is 2.95. The average molecular weight is 364 g/mol. The van der Waals surface area contributed by atoms with E-state index in [1.165, 1.54) is 0 Å². The second-order valence-electron chi connectivity index (χ2n) is 5.70. The Balaban J connectivity index is 1.95. The van der Waals surface area contributed by atoms with Gasteiger partial charge in [-0.1, -0.05) is 13.8 Å². The number of rotatable bonds is 7. The predicted octanol–water partition coefficient (Wildman–Crippen LogP) is 3.58. The van der Waals surface area contributed by atoms with Crippen molar-refractivity contribution in [3.63, 3.8) is 0 Å². The monoisotopic (exact) mass is 364 g/mol. The second-order valence-corrected chi connectivity index (χ2v) is 7.82. The number of aliphatic carboxylic acids is 1. The van der Waals surface area contributed by atoms with Crippen LogP contribution < -0.4 is 5.32 Å². The van der Waals surface area contributed by atoms with Crippen LogP contribution in [0.2, 0.25) is 0 Å². The van der Waals surface area contributed by atoms with Gasteiger partial charge in [-0.3, -0.25) is 4.79 Å². The molecule has 0 aliphatic carbocycles. The lowest BCUT2D eigenvalue weighted by Crippen LogP contribution is -2.44. The first-order valence-electron chi connectivity index (χ1n) is 7.54. The molecule has 128 valence electrons. The topological polar surface area (TPSA) is 79.3 Å². The summed E-state index contributed by atoms with van der Waals surface area (Å²) >= 11 is 3.28. The normalized spacial score (nSPS) is 12.2. The number of carbonyl (C=O) groups excluding carboxylic acids is 1. The summed E-state index contributed by atoms with van der Waals surface area (Å²) in [7, 11) is 0. The van der Waals surface area contributed by atoms with Crippen molar-refractivity contribution in [3.8, 4) is 0 Å². The van der Waals surface area contributed by atoms with E-state index in [0.717, 1.165) is 21.3 Å². The molecule has 1 unspecified atom stereocenters. The van der Waals surface area contributed by atoms with Gasteiger partial charge in [0.1, 0.15) is 6.04 Å². The number of aromatic nitrogens is 1. The van der Waals surface area contributed by atoms with Crippen LogP contribution in [0, 0.1) is 12.8 Å². The Labute approximate surface area is 149 Å². The number of amides is 1. The minimum Gasteiger partial charge on any atom is -0.480 e. The summed E-state index contributed by atoms with van der Waals surface area (Å²) in [6.07, 6.45) is 0. The molecule has 2 aromatic rings. The maximum atomic E-state index is 12.2. The fourth-order valence-corrected chi connectivity index (χ4v) is 3.58. The Kier molecular flexibility index (Phi) is 6.39. The Hall–Kier alpha value is -1.86. The van der Waals surface area contributed by atoms with E-state index < -0.39 is 12.0 Å². The number of hydrogen-bond acceptors (Lipinski definition) is 5. The van der Waals surface area contributed by atoms with Gasteiger partial charge in [0.2, 0.25) is 0 Å². The summed E-state index contributed by atoms with van der Waals surface area (Å²) in [4.78, 5) is 28.8. The predicted molar refractivity (Wildman–Crippen MR) is 96.6 cm³/mol. The Morgan fingerprint density at radius 3 is 2.46 bits per heavy atom. The third-order valence-electron chi connectivity index (χ3n) is 3.39. The smallest absolute Gasteiger partial charge is 0.326 e. The molecule has 2 N–H and O–H groups in total. The van der Waals surface area contributed by atoms with Crippen LogP contribution in [0.15, 0.2) is 34.5 Å². The zero-order valence-corrected chi connectivity index (χ0v) is 15.4. The molecule has 0 radical (unpaired) electrons. The number of nitrogens with one attached hydrogen (secondary N) is 1. The third-order valence-corrected chi connectivity index (χ3v) is 5.26. The van der Waals surface area contributed by atoms with Gasteiger partial charge < -0.3 is 10.4 Å². The molecule has 7 heteroatoms. The van der Waals surface area contributed by atoms with Crippen molar-refractivity contribution in [1.29, 1.82) is 0 Å². The maximum absolute atomic E-state index is 12.2. The van der Waals surface area contributed by atoms with Gasteiger partial charge in [0.05, 0.1) is 10.7 Å². The summed E-state index contributed by atoms with van der Waals surface area (Å²) in [5, 5.41) is 14.8. The van der Waals surface area contributed by atoms with Crippen molar-refractivity contribution in [2.75, 3.05) is 0 Å². The first-order valence-corrected chi connectivity index (χ1v) is 9.41. The molecule has 5 nitrogen and oxygen atoms in total. The number of nitrogens with zero attached hydrogens (tertiary/aromatic N) is 1. The van der Waals surface area contributed by atoms with Crippen molar-refractivity contribution in [1.82, 2.24) is 10.3 Å². The van der Waals surface area contributed by atoms with Gasteiger partial charge >= 0.3 is 5.97 Å². The lowest BCUT2D eigenvalue weighted by atomic mass is 10.0. The maximum Gasteiger partial charge on any atom is 0.326 e. The fourth-order valence-electron chi connectivity index (χ4n) is 2.07. The molecule has 2 rings (SSSR count). The number of carboxylic acids is 1. The van der Waals surface area contributed by atoms with E-state index in [1.54, 1.807) is 49.1 Å². The minimum absolute atomic E-state index is 0.178. The van der Waals surface area contributed by atoms with Crippen LogP contribution in [0.5, 0.6) is 0 Å². The summed E-state index contributed by atoms with van der Waals surface area (Å²) in [6, 6.07) is 6.26. The van der Waals surface area contributed by atoms with Crippen LogP contribution in [-0.4, -0.2) is 28.0 Å². The molecule has 1 heterocycles. The molecule has 24 heavy (non-hydrogen) atoms. The van der Waals surface area contributed by atoms with Crippen molar-refractivity contribution >= 4 is 35.0 Å². The van der Waals surface area contributed by atoms with Gasteiger partial charge in [-0.05, 0) is 37.1 Å². The quantitative estimate of drug-likeness (QED) is 0.734. The van der Waals surface area contributed by atoms with E-state index in [4.69, 9.17) is 5.11 Å². The highest BCUT2D eigenvalue weighted by atomic mass is 32.2. The zero-order chi connectivity index (χ0) is 17.7. The first kappa shape index (κ1) is 18.5. The van der Waals surface area contributed by atoms with E-state index in [1.807, 2.05) is 24.4 Å². The molecule has 0 saturated carbocycles. The molecule has 0 spiro atoms. The Morgan fingerprint density at radius 2 is 1.96 bits per heavy atom. The Bertz CT molecular complexity index is 711. The lowest BCUT2D eigenvalue weighted by Gasteiger charge is -2.17. The number of carbonyl (C=O) groups is 2. The number of thioether (sulfide) groups is 1. The third kappa shape index (κ3) is 5.07. The molecule has 0 aliphatic heterocycles. The van der Waals surface area contributed by atoms with Gasteiger partial charge in [0, 0.05) is 21.6 Å². The molecular formula is C17H20N2O3S2. The first-order chi connectivity index (χ1) is 11.4. The van der Waals surface area contributed by atoms with Crippen LogP contribution in [0.25, 0.3) is 0 Å². The SMILES string of the molecule is Cc1nc(CSc2ccc(C(=O)NC(C(=O)O)C(C)C)cc2)cs1.